The summed E-state index contributed by atoms with van der Waals surface area (Å²) in [6.45, 7) is 4.70. The second-order valence-electron chi connectivity index (χ2n) is 5.03. The minimum Gasteiger partial charge on any atom is -0.378 e. The maximum atomic E-state index is 11.7. The predicted molar refractivity (Wildman–Crippen MR) is 73.2 cm³/mol. The van der Waals surface area contributed by atoms with Gasteiger partial charge in [0, 0.05) is 19.7 Å². The van der Waals surface area contributed by atoms with Crippen molar-refractivity contribution in [3.05, 3.63) is 0 Å². The SMILES string of the molecule is CCS(=O)(=O)N1CCC(OCCCN(C)C)CC1. The van der Waals surface area contributed by atoms with Gasteiger partial charge in [-0.15, -0.1) is 0 Å². The van der Waals surface area contributed by atoms with Crippen LogP contribution in [0.15, 0.2) is 0 Å². The van der Waals surface area contributed by atoms with Crippen molar-refractivity contribution in [1.29, 1.82) is 0 Å². The Hall–Kier alpha value is -0.170. The van der Waals surface area contributed by atoms with Crippen molar-refractivity contribution in [2.75, 3.05) is 46.1 Å². The lowest BCUT2D eigenvalue weighted by molar-refractivity contribution is 0.0181. The third kappa shape index (κ3) is 5.22. The van der Waals surface area contributed by atoms with Crippen LogP contribution in [0.5, 0.6) is 0 Å². The molecule has 0 aliphatic carbocycles. The van der Waals surface area contributed by atoms with Crippen LogP contribution in [0.25, 0.3) is 0 Å². The lowest BCUT2D eigenvalue weighted by atomic mass is 10.1. The topological polar surface area (TPSA) is 49.9 Å². The minimum atomic E-state index is -3.01. The van der Waals surface area contributed by atoms with Crippen molar-refractivity contribution in [3.8, 4) is 0 Å². The lowest BCUT2D eigenvalue weighted by Crippen LogP contribution is -2.41. The third-order valence-corrected chi connectivity index (χ3v) is 5.14. The highest BCUT2D eigenvalue weighted by molar-refractivity contribution is 7.89. The average Bonchev–Trinajstić information content (AvgIpc) is 2.35. The molecule has 18 heavy (non-hydrogen) atoms. The second-order valence-corrected chi connectivity index (χ2v) is 7.28. The minimum absolute atomic E-state index is 0.196. The molecule has 0 unspecified atom stereocenters. The first-order valence-electron chi connectivity index (χ1n) is 6.70. The van der Waals surface area contributed by atoms with E-state index in [1.807, 2.05) is 14.1 Å². The normalized spacial score (nSPS) is 19.6. The maximum Gasteiger partial charge on any atom is 0.213 e. The molecule has 0 atom stereocenters. The smallest absolute Gasteiger partial charge is 0.213 e. The molecular formula is C12H26N2O3S. The number of nitrogens with zero attached hydrogens (tertiary/aromatic N) is 2. The number of hydrogen-bond acceptors (Lipinski definition) is 4. The summed E-state index contributed by atoms with van der Waals surface area (Å²) in [7, 11) is 1.09. The van der Waals surface area contributed by atoms with Crippen molar-refractivity contribution in [1.82, 2.24) is 9.21 Å². The number of hydrogen-bond donors (Lipinski definition) is 0. The van der Waals surface area contributed by atoms with E-state index < -0.39 is 10.0 Å². The van der Waals surface area contributed by atoms with Gasteiger partial charge in [0.15, 0.2) is 0 Å². The summed E-state index contributed by atoms with van der Waals surface area (Å²) >= 11 is 0. The maximum absolute atomic E-state index is 11.7. The summed E-state index contributed by atoms with van der Waals surface area (Å²) in [4.78, 5) is 2.14. The van der Waals surface area contributed by atoms with Crippen molar-refractivity contribution < 1.29 is 13.2 Å². The number of sulfonamides is 1. The Morgan fingerprint density at radius 1 is 1.28 bits per heavy atom. The fraction of sp³-hybridized carbons (Fsp3) is 1.00. The highest BCUT2D eigenvalue weighted by Gasteiger charge is 2.26. The van der Waals surface area contributed by atoms with Crippen molar-refractivity contribution in [2.24, 2.45) is 0 Å². The number of piperidine rings is 1. The van der Waals surface area contributed by atoms with E-state index >= 15 is 0 Å². The molecule has 0 N–H and O–H groups in total. The Kier molecular flexibility index (Phi) is 6.55. The standard InChI is InChI=1S/C12H26N2O3S/c1-4-18(15,16)14-9-6-12(7-10-14)17-11-5-8-13(2)3/h12H,4-11H2,1-3H3. The lowest BCUT2D eigenvalue weighted by Gasteiger charge is -2.31. The van der Waals surface area contributed by atoms with Gasteiger partial charge in [-0.1, -0.05) is 0 Å². The molecule has 0 amide bonds. The molecule has 0 spiro atoms. The van der Waals surface area contributed by atoms with Crippen LogP contribution in [0.1, 0.15) is 26.2 Å². The van der Waals surface area contributed by atoms with Crippen LogP contribution >= 0.6 is 0 Å². The highest BCUT2D eigenvalue weighted by atomic mass is 32.2. The second kappa shape index (κ2) is 7.43. The van der Waals surface area contributed by atoms with E-state index in [0.717, 1.165) is 32.4 Å². The fourth-order valence-electron chi connectivity index (χ4n) is 2.09. The van der Waals surface area contributed by atoms with Gasteiger partial charge in [0.2, 0.25) is 10.0 Å². The monoisotopic (exact) mass is 278 g/mol. The van der Waals surface area contributed by atoms with Crippen LogP contribution in [-0.4, -0.2) is 69.8 Å². The zero-order chi connectivity index (χ0) is 13.6. The molecule has 0 aromatic rings. The van der Waals surface area contributed by atoms with E-state index in [2.05, 4.69) is 4.90 Å². The highest BCUT2D eigenvalue weighted by Crippen LogP contribution is 2.17. The fourth-order valence-corrected chi connectivity index (χ4v) is 3.22. The van der Waals surface area contributed by atoms with Gasteiger partial charge in [-0.3, -0.25) is 0 Å². The molecule has 1 saturated heterocycles. The van der Waals surface area contributed by atoms with E-state index in [-0.39, 0.29) is 11.9 Å². The van der Waals surface area contributed by atoms with Gasteiger partial charge in [-0.05, 0) is 46.8 Å². The largest absolute Gasteiger partial charge is 0.378 e. The molecular weight excluding hydrogens is 252 g/mol. The summed E-state index contributed by atoms with van der Waals surface area (Å²) in [5, 5.41) is 0. The Labute approximate surface area is 111 Å². The number of rotatable bonds is 7. The summed E-state index contributed by atoms with van der Waals surface area (Å²) in [6, 6.07) is 0. The van der Waals surface area contributed by atoms with E-state index in [4.69, 9.17) is 4.74 Å². The van der Waals surface area contributed by atoms with Gasteiger partial charge in [0.1, 0.15) is 0 Å². The van der Waals surface area contributed by atoms with E-state index in [1.54, 1.807) is 11.2 Å². The van der Waals surface area contributed by atoms with Crippen LogP contribution < -0.4 is 0 Å². The first-order chi connectivity index (χ1) is 8.45. The van der Waals surface area contributed by atoms with Crippen LogP contribution in [-0.2, 0) is 14.8 Å². The Bertz CT molecular complexity index is 322. The van der Waals surface area contributed by atoms with Crippen molar-refractivity contribution >= 4 is 10.0 Å². The summed E-state index contributed by atoms with van der Waals surface area (Å²) in [5.41, 5.74) is 0. The van der Waals surface area contributed by atoms with Gasteiger partial charge in [-0.2, -0.15) is 0 Å². The Morgan fingerprint density at radius 3 is 2.39 bits per heavy atom. The van der Waals surface area contributed by atoms with E-state index in [9.17, 15) is 8.42 Å². The molecule has 0 aromatic carbocycles. The zero-order valence-electron chi connectivity index (χ0n) is 11.8. The van der Waals surface area contributed by atoms with Crippen LogP contribution in [0.4, 0.5) is 0 Å². The molecule has 1 fully saturated rings. The first kappa shape index (κ1) is 15.9. The molecule has 0 bridgehead atoms. The summed E-state index contributed by atoms with van der Waals surface area (Å²) in [6.07, 6.45) is 2.90. The molecule has 108 valence electrons. The Morgan fingerprint density at radius 2 is 1.89 bits per heavy atom. The molecule has 1 aliphatic rings. The Balaban J connectivity index is 2.20. The molecule has 0 radical (unpaired) electrons. The first-order valence-corrected chi connectivity index (χ1v) is 8.30. The number of ether oxygens (including phenoxy) is 1. The molecule has 6 heteroatoms. The molecule has 1 aliphatic heterocycles. The predicted octanol–water partition coefficient (Wildman–Crippen LogP) is 0.769. The van der Waals surface area contributed by atoms with Gasteiger partial charge < -0.3 is 9.64 Å². The van der Waals surface area contributed by atoms with Gasteiger partial charge >= 0.3 is 0 Å². The molecule has 1 rings (SSSR count). The third-order valence-electron chi connectivity index (χ3n) is 3.26. The van der Waals surface area contributed by atoms with Crippen molar-refractivity contribution in [3.63, 3.8) is 0 Å². The van der Waals surface area contributed by atoms with Crippen molar-refractivity contribution in [2.45, 2.75) is 32.3 Å². The summed E-state index contributed by atoms with van der Waals surface area (Å²) < 4.78 is 30.7. The van der Waals surface area contributed by atoms with Crippen LogP contribution in [0, 0.1) is 0 Å². The summed E-state index contributed by atoms with van der Waals surface area (Å²) in [5.74, 6) is 0.196. The van der Waals surface area contributed by atoms with Gasteiger partial charge in [0.05, 0.1) is 11.9 Å². The molecule has 0 saturated carbocycles. The van der Waals surface area contributed by atoms with Gasteiger partial charge in [0.25, 0.3) is 0 Å². The zero-order valence-corrected chi connectivity index (χ0v) is 12.6. The van der Waals surface area contributed by atoms with Gasteiger partial charge in [-0.25, -0.2) is 12.7 Å². The molecule has 1 heterocycles. The average molecular weight is 278 g/mol. The van der Waals surface area contributed by atoms with Crippen LogP contribution in [0.2, 0.25) is 0 Å². The van der Waals surface area contributed by atoms with E-state index in [1.165, 1.54) is 0 Å². The quantitative estimate of drug-likeness (QED) is 0.646. The van der Waals surface area contributed by atoms with E-state index in [0.29, 0.717) is 13.1 Å². The molecule has 5 nitrogen and oxygen atoms in total. The molecule has 0 aromatic heterocycles. The van der Waals surface area contributed by atoms with Crippen LogP contribution in [0.3, 0.4) is 0 Å².